The summed E-state index contributed by atoms with van der Waals surface area (Å²) >= 11 is 7.34. The minimum Gasteiger partial charge on any atom is -0.320 e. The van der Waals surface area contributed by atoms with Gasteiger partial charge in [0.2, 0.25) is 4.80 Å². The molecule has 0 aliphatic rings. The van der Waals surface area contributed by atoms with Gasteiger partial charge in [-0.25, -0.2) is 0 Å². The summed E-state index contributed by atoms with van der Waals surface area (Å²) in [4.78, 5) is 0.792. The fraction of sp³-hybridized carbons (Fsp3) is 0.100. The second-order valence-electron chi connectivity index (χ2n) is 3.10. The molecule has 78 valence electrons. The molecule has 0 aliphatic carbocycles. The number of nitrogens with two attached hydrogens (primary N) is 1. The van der Waals surface area contributed by atoms with Crippen molar-refractivity contribution in [2.45, 2.75) is 0 Å². The number of aromatic nitrogens is 1. The van der Waals surface area contributed by atoms with Crippen LogP contribution in [0.1, 0.15) is 0 Å². The van der Waals surface area contributed by atoms with E-state index < -0.39 is 0 Å². The van der Waals surface area contributed by atoms with Gasteiger partial charge in [-0.2, -0.15) is 5.10 Å². The molecule has 0 saturated heterocycles. The van der Waals surface area contributed by atoms with Crippen molar-refractivity contribution >= 4 is 22.9 Å². The Balaban J connectivity index is 2.55. The third-order valence-electron chi connectivity index (χ3n) is 2.17. The van der Waals surface area contributed by atoms with Crippen LogP contribution in [0.5, 0.6) is 0 Å². The van der Waals surface area contributed by atoms with Gasteiger partial charge in [-0.3, -0.25) is 0 Å². The largest absolute Gasteiger partial charge is 0.320 e. The van der Waals surface area contributed by atoms with Crippen molar-refractivity contribution in [3.63, 3.8) is 0 Å². The zero-order valence-electron chi connectivity index (χ0n) is 8.14. The highest BCUT2D eigenvalue weighted by Crippen LogP contribution is 2.21. The molecule has 0 saturated carbocycles. The second kappa shape index (κ2) is 4.08. The van der Waals surface area contributed by atoms with E-state index in [0.717, 1.165) is 21.1 Å². The first-order valence-electron chi connectivity index (χ1n) is 4.37. The lowest BCUT2D eigenvalue weighted by Crippen LogP contribution is -2.13. The van der Waals surface area contributed by atoms with Crippen LogP contribution >= 0.6 is 22.9 Å². The smallest absolute Gasteiger partial charge is 0.207 e. The van der Waals surface area contributed by atoms with E-state index >= 15 is 0 Å². The third kappa shape index (κ3) is 1.91. The van der Waals surface area contributed by atoms with Crippen molar-refractivity contribution in [3.05, 3.63) is 39.5 Å². The molecule has 15 heavy (non-hydrogen) atoms. The van der Waals surface area contributed by atoms with Gasteiger partial charge in [0.25, 0.3) is 0 Å². The molecule has 5 heteroatoms. The Morgan fingerprint density at radius 2 is 2.00 bits per heavy atom. The van der Waals surface area contributed by atoms with E-state index in [1.807, 2.05) is 41.3 Å². The number of halogens is 1. The van der Waals surface area contributed by atoms with Gasteiger partial charge in [-0.1, -0.05) is 23.7 Å². The van der Waals surface area contributed by atoms with Crippen LogP contribution in [0.2, 0.25) is 5.02 Å². The standard InChI is InChI=1S/C10H10ClN3S/c1-14-9(6-15-10(14)13-12)7-2-4-8(11)5-3-7/h2-6H,12H2,1H3/b13-10-. The number of hydrogen-bond acceptors (Lipinski definition) is 3. The van der Waals surface area contributed by atoms with Crippen molar-refractivity contribution in [1.29, 1.82) is 0 Å². The summed E-state index contributed by atoms with van der Waals surface area (Å²) in [5.41, 5.74) is 2.19. The second-order valence-corrected chi connectivity index (χ2v) is 4.37. The topological polar surface area (TPSA) is 43.3 Å². The Morgan fingerprint density at radius 1 is 1.33 bits per heavy atom. The maximum absolute atomic E-state index is 5.83. The summed E-state index contributed by atoms with van der Waals surface area (Å²) in [7, 11) is 1.94. The van der Waals surface area contributed by atoms with Crippen LogP contribution in [-0.2, 0) is 7.05 Å². The maximum atomic E-state index is 5.83. The van der Waals surface area contributed by atoms with Gasteiger partial charge < -0.3 is 10.4 Å². The fourth-order valence-corrected chi connectivity index (χ4v) is 2.32. The van der Waals surface area contributed by atoms with Crippen molar-refractivity contribution < 1.29 is 0 Å². The van der Waals surface area contributed by atoms with E-state index in [2.05, 4.69) is 5.10 Å². The van der Waals surface area contributed by atoms with Gasteiger partial charge in [0, 0.05) is 17.5 Å². The molecular formula is C10H10ClN3S. The van der Waals surface area contributed by atoms with Gasteiger partial charge in [0.1, 0.15) is 0 Å². The van der Waals surface area contributed by atoms with Crippen LogP contribution in [0.4, 0.5) is 0 Å². The van der Waals surface area contributed by atoms with E-state index in [1.165, 1.54) is 11.3 Å². The van der Waals surface area contributed by atoms with E-state index in [1.54, 1.807) is 0 Å². The Hall–Kier alpha value is -1.26. The molecule has 0 bridgehead atoms. The van der Waals surface area contributed by atoms with E-state index in [9.17, 15) is 0 Å². The average Bonchev–Trinajstić information content (AvgIpc) is 2.61. The summed E-state index contributed by atoms with van der Waals surface area (Å²) in [5, 5.41) is 6.45. The van der Waals surface area contributed by atoms with Crippen molar-refractivity contribution in [2.75, 3.05) is 0 Å². The Kier molecular flexibility index (Phi) is 2.79. The van der Waals surface area contributed by atoms with Crippen molar-refractivity contribution in [1.82, 2.24) is 4.57 Å². The number of rotatable bonds is 1. The summed E-state index contributed by atoms with van der Waals surface area (Å²) in [6.45, 7) is 0. The molecule has 1 heterocycles. The molecule has 3 nitrogen and oxygen atoms in total. The summed E-state index contributed by atoms with van der Waals surface area (Å²) in [5.74, 6) is 5.26. The number of nitrogens with zero attached hydrogens (tertiary/aromatic N) is 2. The van der Waals surface area contributed by atoms with E-state index in [4.69, 9.17) is 17.4 Å². The minimum absolute atomic E-state index is 0.736. The fourth-order valence-electron chi connectivity index (χ4n) is 1.37. The van der Waals surface area contributed by atoms with Crippen LogP contribution in [-0.4, -0.2) is 4.57 Å². The highest BCUT2D eigenvalue weighted by Gasteiger charge is 2.03. The molecule has 1 aromatic heterocycles. The lowest BCUT2D eigenvalue weighted by atomic mass is 10.2. The summed E-state index contributed by atoms with van der Waals surface area (Å²) in [6.07, 6.45) is 0. The lowest BCUT2D eigenvalue weighted by Gasteiger charge is -2.02. The lowest BCUT2D eigenvalue weighted by molar-refractivity contribution is 0.862. The molecule has 0 aliphatic heterocycles. The van der Waals surface area contributed by atoms with Gasteiger partial charge in [0.05, 0.1) is 5.69 Å². The number of hydrogen-bond donors (Lipinski definition) is 1. The molecule has 2 rings (SSSR count). The van der Waals surface area contributed by atoms with Crippen LogP contribution in [0.15, 0.2) is 34.7 Å². The van der Waals surface area contributed by atoms with E-state index in [0.29, 0.717) is 0 Å². The molecule has 0 amide bonds. The first kappa shape index (κ1) is 10.3. The van der Waals surface area contributed by atoms with Crippen LogP contribution in [0.25, 0.3) is 11.3 Å². The normalized spacial score (nSPS) is 12.0. The molecule has 2 N–H and O–H groups in total. The van der Waals surface area contributed by atoms with Crippen LogP contribution in [0, 0.1) is 0 Å². The number of benzene rings is 1. The molecule has 0 unspecified atom stereocenters. The van der Waals surface area contributed by atoms with E-state index in [-0.39, 0.29) is 0 Å². The predicted octanol–water partition coefficient (Wildman–Crippen LogP) is 2.18. The maximum Gasteiger partial charge on any atom is 0.207 e. The van der Waals surface area contributed by atoms with Gasteiger partial charge in [0.15, 0.2) is 0 Å². The van der Waals surface area contributed by atoms with Gasteiger partial charge in [-0.05, 0) is 17.7 Å². The SMILES string of the molecule is Cn1c(-c2ccc(Cl)cc2)cs/c1=N\N. The van der Waals surface area contributed by atoms with Gasteiger partial charge >= 0.3 is 0 Å². The quantitative estimate of drug-likeness (QED) is 0.602. The summed E-state index contributed by atoms with van der Waals surface area (Å²) < 4.78 is 1.95. The average molecular weight is 240 g/mol. The first-order chi connectivity index (χ1) is 7.22. The Labute approximate surface area is 96.4 Å². The first-order valence-corrected chi connectivity index (χ1v) is 5.62. The summed E-state index contributed by atoms with van der Waals surface area (Å²) in [6, 6.07) is 7.69. The zero-order chi connectivity index (χ0) is 10.8. The Bertz CT molecular complexity index is 524. The molecular weight excluding hydrogens is 230 g/mol. The highest BCUT2D eigenvalue weighted by molar-refractivity contribution is 7.07. The minimum atomic E-state index is 0.736. The van der Waals surface area contributed by atoms with Crippen LogP contribution in [0.3, 0.4) is 0 Å². The molecule has 2 aromatic rings. The third-order valence-corrected chi connectivity index (χ3v) is 3.36. The molecule has 0 atom stereocenters. The molecule has 1 aromatic carbocycles. The Morgan fingerprint density at radius 3 is 2.53 bits per heavy atom. The predicted molar refractivity (Wildman–Crippen MR) is 63.5 cm³/mol. The van der Waals surface area contributed by atoms with Crippen molar-refractivity contribution in [2.24, 2.45) is 18.0 Å². The number of thiazole rings is 1. The molecule has 0 radical (unpaired) electrons. The zero-order valence-corrected chi connectivity index (χ0v) is 9.72. The molecule has 0 fully saturated rings. The molecule has 0 spiro atoms. The highest BCUT2D eigenvalue weighted by atomic mass is 35.5. The monoisotopic (exact) mass is 239 g/mol. The van der Waals surface area contributed by atoms with Gasteiger partial charge in [-0.15, -0.1) is 11.3 Å². The van der Waals surface area contributed by atoms with Crippen LogP contribution < -0.4 is 10.6 Å². The van der Waals surface area contributed by atoms with Crippen molar-refractivity contribution in [3.8, 4) is 11.3 Å².